The van der Waals surface area contributed by atoms with Gasteiger partial charge < -0.3 is 4.74 Å². The predicted molar refractivity (Wildman–Crippen MR) is 69.6 cm³/mol. The van der Waals surface area contributed by atoms with E-state index in [4.69, 9.17) is 4.74 Å². The predicted octanol–water partition coefficient (Wildman–Crippen LogP) is 4.54. The minimum absolute atomic E-state index is 0.491. The second kappa shape index (κ2) is 6.90. The molecule has 0 radical (unpaired) electrons. The first-order valence-corrected chi connectivity index (χ1v) is 7.56. The Hall–Kier alpha value is 0.440. The highest BCUT2D eigenvalue weighted by Gasteiger charge is 2.31. The molecule has 1 saturated heterocycles. The molecule has 1 rings (SSSR count). The van der Waals surface area contributed by atoms with Crippen molar-refractivity contribution >= 4 is 15.9 Å². The van der Waals surface area contributed by atoms with Gasteiger partial charge in [-0.1, -0.05) is 42.6 Å². The molecular formula is C13H25BrO. The SMILES string of the molecule is CCCCC(CC)(CBr)CC1CCCO1. The second-order valence-corrected chi connectivity index (χ2v) is 5.49. The normalized spacial score (nSPS) is 25.4. The summed E-state index contributed by atoms with van der Waals surface area (Å²) < 4.78 is 5.77. The maximum atomic E-state index is 5.77. The molecule has 2 heteroatoms. The highest BCUT2D eigenvalue weighted by Crippen LogP contribution is 2.38. The quantitative estimate of drug-likeness (QED) is 0.621. The van der Waals surface area contributed by atoms with Gasteiger partial charge in [0.15, 0.2) is 0 Å². The van der Waals surface area contributed by atoms with Gasteiger partial charge >= 0.3 is 0 Å². The molecule has 0 aliphatic carbocycles. The van der Waals surface area contributed by atoms with E-state index < -0.39 is 0 Å². The maximum Gasteiger partial charge on any atom is 0.0581 e. The fourth-order valence-electron chi connectivity index (χ4n) is 2.48. The molecule has 0 aromatic rings. The van der Waals surface area contributed by atoms with Crippen molar-refractivity contribution in [3.8, 4) is 0 Å². The summed E-state index contributed by atoms with van der Waals surface area (Å²) in [7, 11) is 0. The summed E-state index contributed by atoms with van der Waals surface area (Å²) in [4.78, 5) is 0. The molecule has 90 valence electrons. The second-order valence-electron chi connectivity index (χ2n) is 4.93. The first kappa shape index (κ1) is 13.5. The Morgan fingerprint density at radius 3 is 2.67 bits per heavy atom. The van der Waals surface area contributed by atoms with Crippen LogP contribution in [0.4, 0.5) is 0 Å². The van der Waals surface area contributed by atoms with Gasteiger partial charge in [0.05, 0.1) is 6.10 Å². The third kappa shape index (κ3) is 4.07. The van der Waals surface area contributed by atoms with Crippen molar-refractivity contribution < 1.29 is 4.74 Å². The van der Waals surface area contributed by atoms with Gasteiger partial charge in [-0.15, -0.1) is 0 Å². The zero-order valence-electron chi connectivity index (χ0n) is 10.2. The van der Waals surface area contributed by atoms with E-state index in [2.05, 4.69) is 29.8 Å². The first-order chi connectivity index (χ1) is 7.26. The number of halogens is 1. The Morgan fingerprint density at radius 2 is 2.20 bits per heavy atom. The van der Waals surface area contributed by atoms with E-state index in [-0.39, 0.29) is 0 Å². The zero-order valence-corrected chi connectivity index (χ0v) is 11.8. The largest absolute Gasteiger partial charge is 0.378 e. The van der Waals surface area contributed by atoms with Crippen LogP contribution >= 0.6 is 15.9 Å². The molecule has 0 spiro atoms. The molecule has 1 heterocycles. The summed E-state index contributed by atoms with van der Waals surface area (Å²) >= 11 is 3.72. The van der Waals surface area contributed by atoms with Gasteiger partial charge in [0.25, 0.3) is 0 Å². The zero-order chi connectivity index (χ0) is 11.1. The minimum Gasteiger partial charge on any atom is -0.378 e. The molecule has 1 aliphatic heterocycles. The fraction of sp³-hybridized carbons (Fsp3) is 1.00. The molecule has 0 aromatic heterocycles. The minimum atomic E-state index is 0.491. The summed E-state index contributed by atoms with van der Waals surface area (Å²) in [6.45, 7) is 5.59. The Kier molecular flexibility index (Phi) is 6.21. The van der Waals surface area contributed by atoms with Crippen molar-refractivity contribution in [2.75, 3.05) is 11.9 Å². The number of hydrogen-bond acceptors (Lipinski definition) is 1. The van der Waals surface area contributed by atoms with Crippen molar-refractivity contribution in [2.24, 2.45) is 5.41 Å². The van der Waals surface area contributed by atoms with Gasteiger partial charge in [0.2, 0.25) is 0 Å². The van der Waals surface area contributed by atoms with Crippen LogP contribution in [0.5, 0.6) is 0 Å². The van der Waals surface area contributed by atoms with Gasteiger partial charge in [0, 0.05) is 11.9 Å². The van der Waals surface area contributed by atoms with Crippen LogP contribution in [0.25, 0.3) is 0 Å². The van der Waals surface area contributed by atoms with Crippen molar-refractivity contribution in [1.82, 2.24) is 0 Å². The number of unbranched alkanes of at least 4 members (excludes halogenated alkanes) is 1. The molecule has 1 fully saturated rings. The average Bonchev–Trinajstić information content (AvgIpc) is 2.77. The van der Waals surface area contributed by atoms with E-state index in [0.717, 1.165) is 11.9 Å². The smallest absolute Gasteiger partial charge is 0.0581 e. The van der Waals surface area contributed by atoms with Crippen LogP contribution in [-0.4, -0.2) is 18.0 Å². The molecule has 2 unspecified atom stereocenters. The summed E-state index contributed by atoms with van der Waals surface area (Å²) in [5, 5.41) is 1.14. The third-order valence-corrected chi connectivity index (χ3v) is 4.97. The van der Waals surface area contributed by atoms with Crippen LogP contribution < -0.4 is 0 Å². The molecule has 1 aliphatic rings. The Bertz CT molecular complexity index is 160. The average molecular weight is 277 g/mol. The van der Waals surface area contributed by atoms with Crippen LogP contribution in [0.3, 0.4) is 0 Å². The molecular weight excluding hydrogens is 252 g/mol. The van der Waals surface area contributed by atoms with E-state index >= 15 is 0 Å². The van der Waals surface area contributed by atoms with Crippen molar-refractivity contribution in [3.05, 3.63) is 0 Å². The Balaban J connectivity index is 2.45. The van der Waals surface area contributed by atoms with Crippen molar-refractivity contribution in [1.29, 1.82) is 0 Å². The highest BCUT2D eigenvalue weighted by atomic mass is 79.9. The lowest BCUT2D eigenvalue weighted by molar-refractivity contribution is 0.0628. The summed E-state index contributed by atoms with van der Waals surface area (Å²) in [5.41, 5.74) is 0.491. The van der Waals surface area contributed by atoms with E-state index in [1.54, 1.807) is 0 Å². The van der Waals surface area contributed by atoms with Crippen LogP contribution in [-0.2, 0) is 4.74 Å². The van der Waals surface area contributed by atoms with Gasteiger partial charge in [-0.3, -0.25) is 0 Å². The van der Waals surface area contributed by atoms with Crippen LogP contribution in [0.2, 0.25) is 0 Å². The lowest BCUT2D eigenvalue weighted by Crippen LogP contribution is -2.27. The standard InChI is InChI=1S/C13H25BrO/c1-3-5-8-13(4-2,11-14)10-12-7-6-9-15-12/h12H,3-11H2,1-2H3. The Morgan fingerprint density at radius 1 is 1.40 bits per heavy atom. The molecule has 0 amide bonds. The number of rotatable bonds is 7. The van der Waals surface area contributed by atoms with Crippen molar-refractivity contribution in [2.45, 2.75) is 64.9 Å². The molecule has 0 N–H and O–H groups in total. The number of hydrogen-bond donors (Lipinski definition) is 0. The monoisotopic (exact) mass is 276 g/mol. The third-order valence-electron chi connectivity index (χ3n) is 3.78. The lowest BCUT2D eigenvalue weighted by Gasteiger charge is -2.33. The summed E-state index contributed by atoms with van der Waals surface area (Å²) in [5.74, 6) is 0. The molecule has 0 bridgehead atoms. The van der Waals surface area contributed by atoms with Gasteiger partial charge in [-0.25, -0.2) is 0 Å². The Labute approximate surface area is 103 Å². The molecule has 15 heavy (non-hydrogen) atoms. The van der Waals surface area contributed by atoms with Crippen LogP contribution in [0, 0.1) is 5.41 Å². The highest BCUT2D eigenvalue weighted by molar-refractivity contribution is 9.09. The van der Waals surface area contributed by atoms with Crippen LogP contribution in [0.15, 0.2) is 0 Å². The van der Waals surface area contributed by atoms with E-state index in [9.17, 15) is 0 Å². The van der Waals surface area contributed by atoms with Crippen molar-refractivity contribution in [3.63, 3.8) is 0 Å². The maximum absolute atomic E-state index is 5.77. The lowest BCUT2D eigenvalue weighted by atomic mass is 9.77. The van der Waals surface area contributed by atoms with E-state index in [1.807, 2.05) is 0 Å². The number of alkyl halides is 1. The van der Waals surface area contributed by atoms with E-state index in [1.165, 1.54) is 44.9 Å². The molecule has 0 saturated carbocycles. The van der Waals surface area contributed by atoms with Gasteiger partial charge in [0.1, 0.15) is 0 Å². The topological polar surface area (TPSA) is 9.23 Å². The first-order valence-electron chi connectivity index (χ1n) is 6.44. The van der Waals surface area contributed by atoms with Gasteiger partial charge in [-0.2, -0.15) is 0 Å². The summed E-state index contributed by atoms with van der Waals surface area (Å²) in [6, 6.07) is 0. The molecule has 1 nitrogen and oxygen atoms in total. The van der Waals surface area contributed by atoms with E-state index in [0.29, 0.717) is 11.5 Å². The van der Waals surface area contributed by atoms with Crippen LogP contribution in [0.1, 0.15) is 58.8 Å². The number of ether oxygens (including phenoxy) is 1. The summed E-state index contributed by atoms with van der Waals surface area (Å²) in [6.07, 6.45) is 9.63. The molecule has 2 atom stereocenters. The van der Waals surface area contributed by atoms with Gasteiger partial charge in [-0.05, 0) is 37.5 Å². The molecule has 0 aromatic carbocycles. The fourth-order valence-corrected chi connectivity index (χ4v) is 3.38.